The molecular weight excluding hydrogens is 384 g/mol. The van der Waals surface area contributed by atoms with E-state index in [-0.39, 0.29) is 0 Å². The van der Waals surface area contributed by atoms with Crippen molar-refractivity contribution in [1.82, 2.24) is 4.98 Å². The number of ether oxygens (including phenoxy) is 1. The van der Waals surface area contributed by atoms with Gasteiger partial charge in [0.05, 0.1) is 13.7 Å². The summed E-state index contributed by atoms with van der Waals surface area (Å²) in [6.45, 7) is 0.523. The molecular formula is C18H17BrN4O2. The van der Waals surface area contributed by atoms with E-state index in [9.17, 15) is 0 Å². The maximum atomic E-state index is 6.10. The zero-order valence-corrected chi connectivity index (χ0v) is 15.2. The first-order valence-corrected chi connectivity index (χ1v) is 8.31. The fourth-order valence-electron chi connectivity index (χ4n) is 2.32. The highest BCUT2D eigenvalue weighted by Crippen LogP contribution is 2.31. The fourth-order valence-corrected chi connectivity index (χ4v) is 2.56. The van der Waals surface area contributed by atoms with Gasteiger partial charge in [-0.05, 0) is 45.8 Å². The highest BCUT2D eigenvalue weighted by atomic mass is 79.9. The number of aliphatic imine (C=N–C) groups is 1. The molecule has 4 N–H and O–H groups in total. The molecule has 0 fully saturated rings. The standard InChI is InChI=1S/C18H17BrN4O2/c1-24-12-7-5-11(6-8-12)9-22-10-14-13(3-2-4-15(14)20)18-23-17(21)16(19)25-18/h2-8,10H,9,20-21H2,1H3. The van der Waals surface area contributed by atoms with Crippen molar-refractivity contribution in [2.75, 3.05) is 18.6 Å². The van der Waals surface area contributed by atoms with Gasteiger partial charge in [-0.2, -0.15) is 4.98 Å². The lowest BCUT2D eigenvalue weighted by Gasteiger charge is -2.05. The number of hydrogen-bond acceptors (Lipinski definition) is 6. The molecule has 3 aromatic rings. The normalized spacial score (nSPS) is 11.1. The number of oxazole rings is 1. The maximum Gasteiger partial charge on any atom is 0.230 e. The van der Waals surface area contributed by atoms with Crippen molar-refractivity contribution in [3.05, 3.63) is 58.3 Å². The third kappa shape index (κ3) is 3.83. The Morgan fingerprint density at radius 1 is 1.20 bits per heavy atom. The Morgan fingerprint density at radius 2 is 1.96 bits per heavy atom. The zero-order valence-electron chi connectivity index (χ0n) is 13.6. The van der Waals surface area contributed by atoms with E-state index in [2.05, 4.69) is 25.9 Å². The molecule has 0 unspecified atom stereocenters. The molecule has 0 aliphatic carbocycles. The van der Waals surface area contributed by atoms with Crippen molar-refractivity contribution in [3.8, 4) is 17.2 Å². The lowest BCUT2D eigenvalue weighted by atomic mass is 10.1. The van der Waals surface area contributed by atoms with Gasteiger partial charge in [0.25, 0.3) is 0 Å². The highest BCUT2D eigenvalue weighted by Gasteiger charge is 2.14. The number of nitrogens with zero attached hydrogens (tertiary/aromatic N) is 2. The minimum Gasteiger partial charge on any atom is -0.497 e. The average Bonchev–Trinajstić information content (AvgIpc) is 2.95. The van der Waals surface area contributed by atoms with E-state index in [4.69, 9.17) is 20.6 Å². The molecule has 25 heavy (non-hydrogen) atoms. The summed E-state index contributed by atoms with van der Waals surface area (Å²) in [5, 5.41) is 0. The molecule has 2 aromatic carbocycles. The molecule has 0 aliphatic heterocycles. The minimum atomic E-state index is 0.290. The molecule has 0 spiro atoms. The van der Waals surface area contributed by atoms with Crippen molar-refractivity contribution < 1.29 is 9.15 Å². The number of hydrogen-bond donors (Lipinski definition) is 2. The number of benzene rings is 2. The summed E-state index contributed by atoms with van der Waals surface area (Å²) in [5.41, 5.74) is 15.0. The van der Waals surface area contributed by atoms with Crippen molar-refractivity contribution in [2.24, 2.45) is 4.99 Å². The number of nitrogen functional groups attached to an aromatic ring is 2. The summed E-state index contributed by atoms with van der Waals surface area (Å²) in [5.74, 6) is 1.50. The number of anilines is 2. The summed E-state index contributed by atoms with van der Waals surface area (Å²) in [6, 6.07) is 13.2. The van der Waals surface area contributed by atoms with E-state index < -0.39 is 0 Å². The van der Waals surface area contributed by atoms with Crippen LogP contribution in [0.3, 0.4) is 0 Å². The summed E-state index contributed by atoms with van der Waals surface area (Å²) in [7, 11) is 1.64. The Bertz CT molecular complexity index is 884. The van der Waals surface area contributed by atoms with E-state index >= 15 is 0 Å². The van der Waals surface area contributed by atoms with Gasteiger partial charge in [0.2, 0.25) is 10.6 Å². The fraction of sp³-hybridized carbons (Fsp3) is 0.111. The van der Waals surface area contributed by atoms with E-state index in [1.54, 1.807) is 19.4 Å². The Balaban J connectivity index is 1.86. The molecule has 6 nitrogen and oxygen atoms in total. The van der Waals surface area contributed by atoms with Gasteiger partial charge in [0.1, 0.15) is 5.75 Å². The van der Waals surface area contributed by atoms with Crippen LogP contribution in [-0.2, 0) is 6.54 Å². The SMILES string of the molecule is COc1ccc(CN=Cc2c(N)cccc2-c2nc(N)c(Br)o2)cc1. The third-order valence-electron chi connectivity index (χ3n) is 3.63. The topological polar surface area (TPSA) is 99.7 Å². The Kier molecular flexibility index (Phi) is 5.04. The monoisotopic (exact) mass is 400 g/mol. The Hall–Kier alpha value is -2.80. The second-order valence-electron chi connectivity index (χ2n) is 5.30. The van der Waals surface area contributed by atoms with E-state index in [0.717, 1.165) is 22.4 Å². The first-order valence-electron chi connectivity index (χ1n) is 7.52. The van der Waals surface area contributed by atoms with Crippen LogP contribution in [-0.4, -0.2) is 18.3 Å². The van der Waals surface area contributed by atoms with Crippen molar-refractivity contribution in [2.45, 2.75) is 6.54 Å². The number of nitrogens with two attached hydrogens (primary N) is 2. The predicted molar refractivity (Wildman–Crippen MR) is 103 cm³/mol. The van der Waals surface area contributed by atoms with Crippen LogP contribution in [0.25, 0.3) is 11.5 Å². The molecule has 0 bridgehead atoms. The lowest BCUT2D eigenvalue weighted by molar-refractivity contribution is 0.414. The van der Waals surface area contributed by atoms with Gasteiger partial charge in [-0.15, -0.1) is 0 Å². The largest absolute Gasteiger partial charge is 0.497 e. The van der Waals surface area contributed by atoms with Gasteiger partial charge in [0.15, 0.2) is 5.82 Å². The Labute approximate surface area is 153 Å². The van der Waals surface area contributed by atoms with Crippen LogP contribution >= 0.6 is 15.9 Å². The highest BCUT2D eigenvalue weighted by molar-refractivity contribution is 9.10. The molecule has 1 heterocycles. The van der Waals surface area contributed by atoms with Gasteiger partial charge < -0.3 is 20.6 Å². The molecule has 0 atom stereocenters. The molecule has 128 valence electrons. The summed E-state index contributed by atoms with van der Waals surface area (Å²) < 4.78 is 11.1. The van der Waals surface area contributed by atoms with Crippen LogP contribution in [0.1, 0.15) is 11.1 Å². The molecule has 7 heteroatoms. The molecule has 0 radical (unpaired) electrons. The van der Waals surface area contributed by atoms with Crippen LogP contribution in [0.15, 0.2) is 56.5 Å². The second kappa shape index (κ2) is 7.40. The van der Waals surface area contributed by atoms with E-state index in [1.165, 1.54) is 0 Å². The first kappa shape index (κ1) is 17.0. The maximum absolute atomic E-state index is 6.10. The van der Waals surface area contributed by atoms with Gasteiger partial charge in [-0.1, -0.05) is 18.2 Å². The van der Waals surface area contributed by atoms with Crippen molar-refractivity contribution in [3.63, 3.8) is 0 Å². The lowest BCUT2D eigenvalue weighted by Crippen LogP contribution is -1.97. The van der Waals surface area contributed by atoms with Crippen LogP contribution in [0.5, 0.6) is 5.75 Å². The van der Waals surface area contributed by atoms with Gasteiger partial charge in [-0.25, -0.2) is 0 Å². The van der Waals surface area contributed by atoms with Crippen molar-refractivity contribution in [1.29, 1.82) is 0 Å². The van der Waals surface area contributed by atoms with Crippen LogP contribution in [0, 0.1) is 0 Å². The minimum absolute atomic E-state index is 0.290. The smallest absolute Gasteiger partial charge is 0.230 e. The predicted octanol–water partition coefficient (Wildman–Crippen LogP) is 3.90. The molecule has 0 aliphatic rings. The van der Waals surface area contributed by atoms with Crippen LogP contribution < -0.4 is 16.2 Å². The number of rotatable bonds is 5. The van der Waals surface area contributed by atoms with Crippen LogP contribution in [0.2, 0.25) is 0 Å². The Morgan fingerprint density at radius 3 is 2.60 bits per heavy atom. The average molecular weight is 401 g/mol. The van der Waals surface area contributed by atoms with E-state index in [0.29, 0.717) is 28.6 Å². The van der Waals surface area contributed by atoms with Gasteiger partial charge >= 0.3 is 0 Å². The van der Waals surface area contributed by atoms with Gasteiger partial charge in [0, 0.05) is 23.0 Å². The number of aromatic nitrogens is 1. The molecule has 3 rings (SSSR count). The van der Waals surface area contributed by atoms with Gasteiger partial charge in [-0.3, -0.25) is 4.99 Å². The number of halogens is 1. The van der Waals surface area contributed by atoms with Crippen LogP contribution in [0.4, 0.5) is 11.5 Å². The first-order chi connectivity index (χ1) is 12.1. The summed E-state index contributed by atoms with van der Waals surface area (Å²) >= 11 is 3.22. The molecule has 0 saturated carbocycles. The second-order valence-corrected chi connectivity index (χ2v) is 6.02. The van der Waals surface area contributed by atoms with E-state index in [1.807, 2.05) is 36.4 Å². The van der Waals surface area contributed by atoms with Crippen molar-refractivity contribution >= 4 is 33.6 Å². The summed E-state index contributed by atoms with van der Waals surface area (Å²) in [4.78, 5) is 8.69. The summed E-state index contributed by atoms with van der Waals surface area (Å²) in [6.07, 6.45) is 1.73. The number of methoxy groups -OCH3 is 1. The zero-order chi connectivity index (χ0) is 17.8. The quantitative estimate of drug-likeness (QED) is 0.499. The molecule has 0 saturated heterocycles. The molecule has 1 aromatic heterocycles. The molecule has 0 amide bonds. The third-order valence-corrected chi connectivity index (χ3v) is 4.20.